The Labute approximate surface area is 88.4 Å². The minimum Gasteiger partial charge on any atom is -0.394 e. The summed E-state index contributed by atoms with van der Waals surface area (Å²) in [6, 6.07) is -0.403. The van der Waals surface area contributed by atoms with Crippen molar-refractivity contribution in [1.29, 1.82) is 0 Å². The summed E-state index contributed by atoms with van der Waals surface area (Å²) in [6.07, 6.45) is 2.83. The Hall–Kier alpha value is -1.10. The van der Waals surface area contributed by atoms with E-state index < -0.39 is 0 Å². The maximum atomic E-state index is 12.0. The number of hydrogen-bond donors (Lipinski definition) is 2. The second-order valence-electron chi connectivity index (χ2n) is 4.17. The minimum absolute atomic E-state index is 0.0202. The summed E-state index contributed by atoms with van der Waals surface area (Å²) < 4.78 is 0. The van der Waals surface area contributed by atoms with Gasteiger partial charge in [0.1, 0.15) is 6.04 Å². The largest absolute Gasteiger partial charge is 0.394 e. The first-order valence-corrected chi connectivity index (χ1v) is 5.43. The smallest absolute Gasteiger partial charge is 0.245 e. The highest BCUT2D eigenvalue weighted by Gasteiger charge is 2.35. The van der Waals surface area contributed by atoms with Gasteiger partial charge in [-0.15, -0.1) is 0 Å². The quantitative estimate of drug-likeness (QED) is 0.632. The van der Waals surface area contributed by atoms with E-state index >= 15 is 0 Å². The SMILES string of the molecule is O=C1CCC(C(=O)N2CCCC2CO)N1. The zero-order valence-electron chi connectivity index (χ0n) is 8.61. The molecular formula is C10H16N2O3. The lowest BCUT2D eigenvalue weighted by Crippen LogP contribution is -2.47. The lowest BCUT2D eigenvalue weighted by atomic mass is 10.2. The number of likely N-dealkylation sites (tertiary alicyclic amines) is 1. The number of carbonyl (C=O) groups excluding carboxylic acids is 2. The molecule has 2 aliphatic rings. The van der Waals surface area contributed by atoms with Crippen LogP contribution < -0.4 is 5.32 Å². The van der Waals surface area contributed by atoms with Crippen LogP contribution in [0.15, 0.2) is 0 Å². The number of aliphatic hydroxyl groups excluding tert-OH is 1. The van der Waals surface area contributed by atoms with Gasteiger partial charge in [-0.1, -0.05) is 0 Å². The van der Waals surface area contributed by atoms with Crippen molar-refractivity contribution in [3.63, 3.8) is 0 Å². The molecule has 2 unspecified atom stereocenters. The number of nitrogens with one attached hydrogen (secondary N) is 1. The molecule has 2 fully saturated rings. The molecule has 2 N–H and O–H groups in total. The molecule has 0 bridgehead atoms. The predicted molar refractivity (Wildman–Crippen MR) is 53.0 cm³/mol. The van der Waals surface area contributed by atoms with Crippen LogP contribution >= 0.6 is 0 Å². The third kappa shape index (κ3) is 1.97. The van der Waals surface area contributed by atoms with Gasteiger partial charge in [-0.3, -0.25) is 9.59 Å². The molecule has 2 saturated heterocycles. The fourth-order valence-electron chi connectivity index (χ4n) is 2.32. The van der Waals surface area contributed by atoms with Crippen LogP contribution in [0.5, 0.6) is 0 Å². The van der Waals surface area contributed by atoms with Crippen LogP contribution in [0, 0.1) is 0 Å². The third-order valence-corrected chi connectivity index (χ3v) is 3.16. The Bertz CT molecular complexity index is 280. The van der Waals surface area contributed by atoms with Crippen molar-refractivity contribution in [2.45, 2.75) is 37.8 Å². The third-order valence-electron chi connectivity index (χ3n) is 3.16. The normalized spacial score (nSPS) is 30.7. The number of nitrogens with zero attached hydrogens (tertiary/aromatic N) is 1. The van der Waals surface area contributed by atoms with E-state index in [-0.39, 0.29) is 30.5 Å². The molecule has 2 heterocycles. The van der Waals surface area contributed by atoms with Gasteiger partial charge >= 0.3 is 0 Å². The molecule has 0 aromatic carbocycles. The van der Waals surface area contributed by atoms with Crippen molar-refractivity contribution in [2.24, 2.45) is 0 Å². The average molecular weight is 212 g/mol. The lowest BCUT2D eigenvalue weighted by molar-refractivity contribution is -0.135. The number of amides is 2. The molecule has 0 aromatic rings. The molecule has 2 amide bonds. The molecule has 2 aliphatic heterocycles. The van der Waals surface area contributed by atoms with Gasteiger partial charge in [0.05, 0.1) is 12.6 Å². The van der Waals surface area contributed by atoms with Gasteiger partial charge in [0.15, 0.2) is 0 Å². The van der Waals surface area contributed by atoms with Crippen LogP contribution in [0.3, 0.4) is 0 Å². The van der Waals surface area contributed by atoms with Crippen molar-refractivity contribution in [1.82, 2.24) is 10.2 Å². The van der Waals surface area contributed by atoms with E-state index in [9.17, 15) is 9.59 Å². The zero-order chi connectivity index (χ0) is 10.8. The van der Waals surface area contributed by atoms with E-state index in [2.05, 4.69) is 5.32 Å². The van der Waals surface area contributed by atoms with Gasteiger partial charge < -0.3 is 15.3 Å². The Kier molecular flexibility index (Phi) is 2.90. The van der Waals surface area contributed by atoms with Crippen molar-refractivity contribution in [3.05, 3.63) is 0 Å². The van der Waals surface area contributed by atoms with E-state index in [0.29, 0.717) is 19.4 Å². The topological polar surface area (TPSA) is 69.6 Å². The van der Waals surface area contributed by atoms with E-state index in [1.165, 1.54) is 0 Å². The Morgan fingerprint density at radius 1 is 1.53 bits per heavy atom. The molecule has 0 aromatic heterocycles. The predicted octanol–water partition coefficient (Wildman–Crippen LogP) is -0.752. The highest BCUT2D eigenvalue weighted by Crippen LogP contribution is 2.20. The molecule has 0 saturated carbocycles. The summed E-state index contributed by atoms with van der Waals surface area (Å²) in [4.78, 5) is 24.7. The van der Waals surface area contributed by atoms with Crippen molar-refractivity contribution in [3.8, 4) is 0 Å². The van der Waals surface area contributed by atoms with Crippen LogP contribution in [-0.2, 0) is 9.59 Å². The monoisotopic (exact) mass is 212 g/mol. The van der Waals surface area contributed by atoms with E-state index in [4.69, 9.17) is 5.11 Å². The van der Waals surface area contributed by atoms with Gasteiger partial charge in [0.25, 0.3) is 0 Å². The van der Waals surface area contributed by atoms with Crippen LogP contribution in [0.4, 0.5) is 0 Å². The van der Waals surface area contributed by atoms with Gasteiger partial charge in [-0.05, 0) is 19.3 Å². The molecule has 84 valence electrons. The van der Waals surface area contributed by atoms with Gasteiger partial charge in [-0.2, -0.15) is 0 Å². The standard InChI is InChI=1S/C10H16N2O3/c13-6-7-2-1-5-12(7)10(15)8-3-4-9(14)11-8/h7-8,13H,1-6H2,(H,11,14). The molecule has 15 heavy (non-hydrogen) atoms. The first-order chi connectivity index (χ1) is 7.22. The summed E-state index contributed by atoms with van der Waals surface area (Å²) in [7, 11) is 0. The Morgan fingerprint density at radius 2 is 2.33 bits per heavy atom. The fraction of sp³-hybridized carbons (Fsp3) is 0.800. The Balaban J connectivity index is 1.98. The lowest BCUT2D eigenvalue weighted by Gasteiger charge is -2.25. The van der Waals surface area contributed by atoms with Crippen LogP contribution in [-0.4, -0.2) is 47.1 Å². The van der Waals surface area contributed by atoms with Crippen molar-refractivity contribution >= 4 is 11.8 Å². The second-order valence-corrected chi connectivity index (χ2v) is 4.17. The average Bonchev–Trinajstić information content (AvgIpc) is 2.84. The minimum atomic E-state index is -0.357. The van der Waals surface area contributed by atoms with E-state index in [0.717, 1.165) is 12.8 Å². The summed E-state index contributed by atoms with van der Waals surface area (Å²) in [5.41, 5.74) is 0. The highest BCUT2D eigenvalue weighted by molar-refractivity contribution is 5.91. The van der Waals surface area contributed by atoms with Crippen LogP contribution in [0.1, 0.15) is 25.7 Å². The molecule has 5 nitrogen and oxygen atoms in total. The van der Waals surface area contributed by atoms with Crippen molar-refractivity contribution < 1.29 is 14.7 Å². The molecule has 0 radical (unpaired) electrons. The number of hydrogen-bond acceptors (Lipinski definition) is 3. The number of carbonyl (C=O) groups is 2. The molecule has 0 aliphatic carbocycles. The summed E-state index contributed by atoms with van der Waals surface area (Å²) >= 11 is 0. The molecule has 5 heteroatoms. The molecule has 2 atom stereocenters. The Morgan fingerprint density at radius 3 is 2.93 bits per heavy atom. The highest BCUT2D eigenvalue weighted by atomic mass is 16.3. The first-order valence-electron chi connectivity index (χ1n) is 5.43. The molecular weight excluding hydrogens is 196 g/mol. The van der Waals surface area contributed by atoms with Gasteiger partial charge in [0, 0.05) is 13.0 Å². The van der Waals surface area contributed by atoms with Gasteiger partial charge in [-0.25, -0.2) is 0 Å². The number of aliphatic hydroxyl groups is 1. The number of rotatable bonds is 2. The molecule has 2 rings (SSSR count). The maximum Gasteiger partial charge on any atom is 0.245 e. The summed E-state index contributed by atoms with van der Waals surface area (Å²) in [5.74, 6) is -0.0782. The summed E-state index contributed by atoms with van der Waals surface area (Å²) in [5, 5.41) is 11.8. The first kappa shape index (κ1) is 10.4. The molecule has 0 spiro atoms. The fourth-order valence-corrected chi connectivity index (χ4v) is 2.32. The van der Waals surface area contributed by atoms with Gasteiger partial charge in [0.2, 0.25) is 11.8 Å². The van der Waals surface area contributed by atoms with Crippen LogP contribution in [0.2, 0.25) is 0 Å². The van der Waals surface area contributed by atoms with E-state index in [1.54, 1.807) is 4.90 Å². The second kappa shape index (κ2) is 4.18. The summed E-state index contributed by atoms with van der Waals surface area (Å²) in [6.45, 7) is 0.725. The maximum absolute atomic E-state index is 12.0. The van der Waals surface area contributed by atoms with Crippen LogP contribution in [0.25, 0.3) is 0 Å². The van der Waals surface area contributed by atoms with E-state index in [1.807, 2.05) is 0 Å². The van der Waals surface area contributed by atoms with Crippen molar-refractivity contribution in [2.75, 3.05) is 13.2 Å². The zero-order valence-corrected chi connectivity index (χ0v) is 8.61.